The van der Waals surface area contributed by atoms with E-state index in [0.717, 1.165) is 16.7 Å². The van der Waals surface area contributed by atoms with Gasteiger partial charge in [0.2, 0.25) is 0 Å². The van der Waals surface area contributed by atoms with Crippen molar-refractivity contribution in [3.63, 3.8) is 0 Å². The Kier molecular flexibility index (Phi) is 6.02. The molecule has 0 atom stereocenters. The number of rotatable bonds is 5. The van der Waals surface area contributed by atoms with Crippen LogP contribution in [0, 0.1) is 30.9 Å². The summed E-state index contributed by atoms with van der Waals surface area (Å²) in [6, 6.07) is 6.31. The molecular formula is C17H16BrClN2O4. The largest absolute Gasteiger partial charge is 0.483 e. The average molecular weight is 428 g/mol. The first-order valence-electron chi connectivity index (χ1n) is 7.33. The second kappa shape index (κ2) is 7.84. The van der Waals surface area contributed by atoms with E-state index in [2.05, 4.69) is 21.2 Å². The predicted molar refractivity (Wildman–Crippen MR) is 101 cm³/mol. The summed E-state index contributed by atoms with van der Waals surface area (Å²) in [4.78, 5) is 22.6. The number of nitrogens with one attached hydrogen (secondary N) is 1. The lowest BCUT2D eigenvalue weighted by Gasteiger charge is -2.13. The second-order valence-electron chi connectivity index (χ2n) is 5.56. The van der Waals surface area contributed by atoms with Crippen LogP contribution in [0.15, 0.2) is 28.7 Å². The van der Waals surface area contributed by atoms with Gasteiger partial charge in [0.25, 0.3) is 11.6 Å². The Bertz CT molecular complexity index is 855. The molecule has 0 aliphatic carbocycles. The van der Waals surface area contributed by atoms with Gasteiger partial charge in [-0.05, 0) is 65.5 Å². The molecule has 0 saturated carbocycles. The third kappa shape index (κ3) is 4.49. The average Bonchev–Trinajstić information content (AvgIpc) is 2.56. The van der Waals surface area contributed by atoms with E-state index in [-0.39, 0.29) is 18.0 Å². The Morgan fingerprint density at radius 2 is 2.00 bits per heavy atom. The molecule has 0 saturated heterocycles. The van der Waals surface area contributed by atoms with Crippen molar-refractivity contribution in [2.75, 3.05) is 11.9 Å². The summed E-state index contributed by atoms with van der Waals surface area (Å²) in [5.41, 5.74) is 2.34. The summed E-state index contributed by atoms with van der Waals surface area (Å²) in [5.74, 6) is -0.0166. The fraction of sp³-hybridized carbons (Fsp3) is 0.235. The van der Waals surface area contributed by atoms with Gasteiger partial charge in [-0.1, -0.05) is 17.7 Å². The summed E-state index contributed by atoms with van der Waals surface area (Å²) in [5, 5.41) is 14.2. The smallest absolute Gasteiger partial charge is 0.293 e. The van der Waals surface area contributed by atoms with Crippen molar-refractivity contribution in [2.45, 2.75) is 20.8 Å². The summed E-state index contributed by atoms with van der Waals surface area (Å²) < 4.78 is 6.19. The lowest BCUT2D eigenvalue weighted by molar-refractivity contribution is -0.384. The SMILES string of the molecule is Cc1ccc(NC(=O)COc2cc(C)c(Cl)c(C)c2Br)c([N+](=O)[O-])c1. The monoisotopic (exact) mass is 426 g/mol. The first-order valence-corrected chi connectivity index (χ1v) is 8.50. The van der Waals surface area contributed by atoms with Crippen molar-refractivity contribution in [3.05, 3.63) is 60.6 Å². The predicted octanol–water partition coefficient (Wildman–Crippen LogP) is 4.95. The minimum atomic E-state index is -0.536. The lowest BCUT2D eigenvalue weighted by atomic mass is 10.1. The van der Waals surface area contributed by atoms with E-state index in [1.807, 2.05) is 13.8 Å². The van der Waals surface area contributed by atoms with E-state index in [1.54, 1.807) is 19.1 Å². The molecule has 0 aromatic heterocycles. The van der Waals surface area contributed by atoms with Crippen LogP contribution in [0.1, 0.15) is 16.7 Å². The van der Waals surface area contributed by atoms with Crippen molar-refractivity contribution in [2.24, 2.45) is 0 Å². The van der Waals surface area contributed by atoms with Gasteiger partial charge in [0, 0.05) is 11.1 Å². The van der Waals surface area contributed by atoms with Gasteiger partial charge in [0.1, 0.15) is 11.4 Å². The third-order valence-corrected chi connectivity index (χ3v) is 5.12. The van der Waals surface area contributed by atoms with E-state index in [1.165, 1.54) is 12.1 Å². The van der Waals surface area contributed by atoms with Crippen LogP contribution in [-0.4, -0.2) is 17.4 Å². The van der Waals surface area contributed by atoms with Gasteiger partial charge < -0.3 is 10.1 Å². The first kappa shape index (κ1) is 19.2. The van der Waals surface area contributed by atoms with Crippen LogP contribution in [0.5, 0.6) is 5.75 Å². The number of ether oxygens (including phenoxy) is 1. The first-order chi connectivity index (χ1) is 11.7. The molecular weight excluding hydrogens is 412 g/mol. The molecule has 0 unspecified atom stereocenters. The molecule has 2 aromatic rings. The van der Waals surface area contributed by atoms with E-state index in [0.29, 0.717) is 15.2 Å². The molecule has 0 radical (unpaired) electrons. The van der Waals surface area contributed by atoms with E-state index >= 15 is 0 Å². The topological polar surface area (TPSA) is 81.5 Å². The summed E-state index contributed by atoms with van der Waals surface area (Å²) >= 11 is 9.55. The zero-order chi connectivity index (χ0) is 18.7. The normalized spacial score (nSPS) is 10.4. The Hall–Kier alpha value is -2.12. The van der Waals surface area contributed by atoms with Crippen LogP contribution in [-0.2, 0) is 4.79 Å². The highest BCUT2D eigenvalue weighted by atomic mass is 79.9. The maximum absolute atomic E-state index is 12.1. The van der Waals surface area contributed by atoms with Crippen molar-refractivity contribution in [1.82, 2.24) is 0 Å². The number of nitro groups is 1. The molecule has 2 aromatic carbocycles. The molecule has 0 bridgehead atoms. The second-order valence-corrected chi connectivity index (χ2v) is 6.73. The molecule has 0 aliphatic rings. The quantitative estimate of drug-likeness (QED) is 0.540. The fourth-order valence-corrected chi connectivity index (χ4v) is 2.92. The number of halogens is 2. The molecule has 25 heavy (non-hydrogen) atoms. The molecule has 1 amide bonds. The summed E-state index contributed by atoms with van der Waals surface area (Å²) in [6.07, 6.45) is 0. The van der Waals surface area contributed by atoms with Crippen LogP contribution >= 0.6 is 27.5 Å². The Morgan fingerprint density at radius 3 is 2.64 bits per heavy atom. The minimum Gasteiger partial charge on any atom is -0.483 e. The number of hydrogen-bond acceptors (Lipinski definition) is 4. The molecule has 0 heterocycles. The Balaban J connectivity index is 2.11. The number of aryl methyl sites for hydroxylation is 2. The molecule has 2 rings (SSSR count). The van der Waals surface area contributed by atoms with E-state index in [9.17, 15) is 14.9 Å². The van der Waals surface area contributed by atoms with Crippen LogP contribution < -0.4 is 10.1 Å². The highest BCUT2D eigenvalue weighted by Crippen LogP contribution is 2.35. The fourth-order valence-electron chi connectivity index (χ4n) is 2.23. The number of carbonyl (C=O) groups excluding carboxylic acids is 1. The summed E-state index contributed by atoms with van der Waals surface area (Å²) in [6.45, 7) is 5.13. The van der Waals surface area contributed by atoms with Crippen LogP contribution in [0.4, 0.5) is 11.4 Å². The van der Waals surface area contributed by atoms with Crippen molar-refractivity contribution in [3.8, 4) is 5.75 Å². The van der Waals surface area contributed by atoms with Crippen molar-refractivity contribution in [1.29, 1.82) is 0 Å². The zero-order valence-electron chi connectivity index (χ0n) is 13.9. The molecule has 0 aliphatic heterocycles. The molecule has 132 valence electrons. The number of benzene rings is 2. The number of hydrogen-bond donors (Lipinski definition) is 1. The lowest BCUT2D eigenvalue weighted by Crippen LogP contribution is -2.21. The standard InChI is InChI=1S/C17H16BrClN2O4/c1-9-4-5-12(13(6-9)21(23)24)20-15(22)8-25-14-7-10(2)17(19)11(3)16(14)18/h4-7H,8H2,1-3H3,(H,20,22). The number of nitro benzene ring substituents is 1. The number of carbonyl (C=O) groups is 1. The molecule has 6 nitrogen and oxygen atoms in total. The number of anilines is 1. The van der Waals surface area contributed by atoms with Crippen molar-refractivity contribution < 1.29 is 14.5 Å². The van der Waals surface area contributed by atoms with Gasteiger partial charge in [0.05, 0.1) is 9.40 Å². The molecule has 0 fully saturated rings. The molecule has 1 N–H and O–H groups in total. The number of nitrogens with zero attached hydrogens (tertiary/aromatic N) is 1. The van der Waals surface area contributed by atoms with Gasteiger partial charge in [-0.25, -0.2) is 0 Å². The van der Waals surface area contributed by atoms with Gasteiger partial charge in [-0.3, -0.25) is 14.9 Å². The molecule has 8 heteroatoms. The van der Waals surface area contributed by atoms with Gasteiger partial charge >= 0.3 is 0 Å². The van der Waals surface area contributed by atoms with Crippen LogP contribution in [0.3, 0.4) is 0 Å². The van der Waals surface area contributed by atoms with E-state index < -0.39 is 10.8 Å². The van der Waals surface area contributed by atoms with Gasteiger partial charge in [-0.15, -0.1) is 0 Å². The van der Waals surface area contributed by atoms with E-state index in [4.69, 9.17) is 16.3 Å². The van der Waals surface area contributed by atoms with Crippen molar-refractivity contribution >= 4 is 44.8 Å². The van der Waals surface area contributed by atoms with Gasteiger partial charge in [0.15, 0.2) is 6.61 Å². The highest BCUT2D eigenvalue weighted by molar-refractivity contribution is 9.10. The van der Waals surface area contributed by atoms with Gasteiger partial charge in [-0.2, -0.15) is 0 Å². The minimum absolute atomic E-state index is 0.131. The maximum atomic E-state index is 12.1. The summed E-state index contributed by atoms with van der Waals surface area (Å²) in [7, 11) is 0. The molecule has 0 spiro atoms. The van der Waals surface area contributed by atoms with Crippen LogP contribution in [0.2, 0.25) is 5.02 Å². The zero-order valence-corrected chi connectivity index (χ0v) is 16.2. The number of amides is 1. The Labute approximate surface area is 158 Å². The Morgan fingerprint density at radius 1 is 1.32 bits per heavy atom. The maximum Gasteiger partial charge on any atom is 0.293 e. The highest BCUT2D eigenvalue weighted by Gasteiger charge is 2.17. The van der Waals surface area contributed by atoms with Crippen LogP contribution in [0.25, 0.3) is 0 Å². The third-order valence-electron chi connectivity index (χ3n) is 3.55.